The molecule has 1 aliphatic heterocycles. The molecule has 1 aromatic carbocycles. The van der Waals surface area contributed by atoms with Crippen molar-refractivity contribution >= 4 is 27.5 Å². The quantitative estimate of drug-likeness (QED) is 0.900. The molecule has 0 aliphatic carbocycles. The molecule has 1 heterocycles. The first-order chi connectivity index (χ1) is 8.52. The van der Waals surface area contributed by atoms with E-state index in [0.29, 0.717) is 19.4 Å². The molecule has 2 atom stereocenters. The third kappa shape index (κ3) is 2.84. The summed E-state index contributed by atoms with van der Waals surface area (Å²) < 4.78 is 6.49. The largest absolute Gasteiger partial charge is 0.378 e. The number of primary amides is 1. The number of hydrogen-bond acceptors (Lipinski definition) is 3. The number of rotatable bonds is 3. The van der Waals surface area contributed by atoms with Crippen molar-refractivity contribution in [2.24, 2.45) is 5.73 Å². The van der Waals surface area contributed by atoms with E-state index in [4.69, 9.17) is 10.5 Å². The molecule has 1 aliphatic rings. The summed E-state index contributed by atoms with van der Waals surface area (Å²) in [6, 6.07) is 7.71. The van der Waals surface area contributed by atoms with E-state index >= 15 is 0 Å². The molecule has 2 rings (SSSR count). The first kappa shape index (κ1) is 13.4. The van der Waals surface area contributed by atoms with Gasteiger partial charge in [0, 0.05) is 29.6 Å². The summed E-state index contributed by atoms with van der Waals surface area (Å²) in [7, 11) is 0. The van der Waals surface area contributed by atoms with Gasteiger partial charge in [0.2, 0.25) is 5.91 Å². The van der Waals surface area contributed by atoms with Gasteiger partial charge in [-0.25, -0.2) is 0 Å². The second-order valence-electron chi connectivity index (χ2n) is 4.71. The van der Waals surface area contributed by atoms with Crippen LogP contribution in [0.25, 0.3) is 0 Å². The van der Waals surface area contributed by atoms with Crippen LogP contribution in [0.2, 0.25) is 0 Å². The number of nitrogens with two attached hydrogens (primary N) is 1. The van der Waals surface area contributed by atoms with E-state index < -0.39 is 5.54 Å². The van der Waals surface area contributed by atoms with Crippen LogP contribution in [-0.4, -0.2) is 24.2 Å². The van der Waals surface area contributed by atoms with Crippen molar-refractivity contribution in [1.29, 1.82) is 0 Å². The molecule has 0 bridgehead atoms. The van der Waals surface area contributed by atoms with Crippen LogP contribution >= 0.6 is 15.9 Å². The molecule has 2 unspecified atom stereocenters. The number of carbonyl (C=O) groups is 1. The molecule has 1 saturated heterocycles. The Morgan fingerprint density at radius 2 is 2.17 bits per heavy atom. The average molecular weight is 313 g/mol. The standard InChI is InChI=1S/C13H17BrN2O2/c1-9-8-13(12(15)17,6-7-18-9)16-11-4-2-10(14)3-5-11/h2-5,9,16H,6-8H2,1H3,(H2,15,17). The van der Waals surface area contributed by atoms with Crippen LogP contribution in [0.15, 0.2) is 28.7 Å². The number of anilines is 1. The van der Waals surface area contributed by atoms with Gasteiger partial charge in [0.1, 0.15) is 5.54 Å². The van der Waals surface area contributed by atoms with Gasteiger partial charge in [-0.3, -0.25) is 4.79 Å². The molecule has 0 spiro atoms. The maximum Gasteiger partial charge on any atom is 0.243 e. The fourth-order valence-corrected chi connectivity index (χ4v) is 2.56. The Labute approximate surface area is 115 Å². The normalized spacial score (nSPS) is 27.8. The molecule has 98 valence electrons. The minimum atomic E-state index is -0.703. The highest BCUT2D eigenvalue weighted by Gasteiger charge is 2.40. The van der Waals surface area contributed by atoms with Crippen LogP contribution in [0.4, 0.5) is 5.69 Å². The van der Waals surface area contributed by atoms with Crippen molar-refractivity contribution in [2.45, 2.75) is 31.4 Å². The number of carbonyl (C=O) groups excluding carboxylic acids is 1. The molecule has 4 nitrogen and oxygen atoms in total. The third-order valence-corrected chi connectivity index (χ3v) is 3.80. The van der Waals surface area contributed by atoms with Crippen molar-refractivity contribution in [3.05, 3.63) is 28.7 Å². The number of ether oxygens (including phenoxy) is 1. The van der Waals surface area contributed by atoms with Crippen molar-refractivity contribution in [3.8, 4) is 0 Å². The molecule has 0 aromatic heterocycles. The van der Waals surface area contributed by atoms with Crippen molar-refractivity contribution in [2.75, 3.05) is 11.9 Å². The molecule has 1 fully saturated rings. The van der Waals surface area contributed by atoms with Crippen LogP contribution in [0.3, 0.4) is 0 Å². The summed E-state index contributed by atoms with van der Waals surface area (Å²) in [5, 5.41) is 3.28. The van der Waals surface area contributed by atoms with E-state index in [-0.39, 0.29) is 12.0 Å². The number of hydrogen-bond donors (Lipinski definition) is 2. The first-order valence-corrected chi connectivity index (χ1v) is 6.76. The smallest absolute Gasteiger partial charge is 0.243 e. The number of amides is 1. The van der Waals surface area contributed by atoms with Gasteiger partial charge in [0.25, 0.3) is 0 Å². The lowest BCUT2D eigenvalue weighted by atomic mass is 9.86. The van der Waals surface area contributed by atoms with Crippen LogP contribution in [0.1, 0.15) is 19.8 Å². The Morgan fingerprint density at radius 1 is 1.50 bits per heavy atom. The molecule has 0 radical (unpaired) electrons. The molecular formula is C13H17BrN2O2. The van der Waals surface area contributed by atoms with Gasteiger partial charge in [-0.05, 0) is 31.2 Å². The van der Waals surface area contributed by atoms with E-state index in [1.807, 2.05) is 31.2 Å². The molecule has 3 N–H and O–H groups in total. The lowest BCUT2D eigenvalue weighted by Gasteiger charge is -2.38. The van der Waals surface area contributed by atoms with E-state index in [1.54, 1.807) is 0 Å². The predicted molar refractivity (Wildman–Crippen MR) is 74.3 cm³/mol. The Bertz CT molecular complexity index is 435. The molecule has 1 aromatic rings. The highest BCUT2D eigenvalue weighted by Crippen LogP contribution is 2.29. The van der Waals surface area contributed by atoms with Crippen LogP contribution in [0, 0.1) is 0 Å². The fraction of sp³-hybridized carbons (Fsp3) is 0.462. The summed E-state index contributed by atoms with van der Waals surface area (Å²) in [6.07, 6.45) is 1.23. The molecule has 18 heavy (non-hydrogen) atoms. The predicted octanol–water partition coefficient (Wildman–Crippen LogP) is 2.28. The van der Waals surface area contributed by atoms with Gasteiger partial charge in [-0.2, -0.15) is 0 Å². The van der Waals surface area contributed by atoms with E-state index in [9.17, 15) is 4.79 Å². The summed E-state index contributed by atoms with van der Waals surface area (Å²) in [5.74, 6) is -0.319. The van der Waals surface area contributed by atoms with Crippen molar-refractivity contribution < 1.29 is 9.53 Å². The highest BCUT2D eigenvalue weighted by atomic mass is 79.9. The summed E-state index contributed by atoms with van der Waals surface area (Å²) in [6.45, 7) is 2.51. The third-order valence-electron chi connectivity index (χ3n) is 3.27. The fourth-order valence-electron chi connectivity index (χ4n) is 2.29. The molecule has 0 saturated carbocycles. The SMILES string of the molecule is CC1CC(Nc2ccc(Br)cc2)(C(N)=O)CCO1. The molecular weight excluding hydrogens is 296 g/mol. The summed E-state index contributed by atoms with van der Waals surface area (Å²) in [5.41, 5.74) is 5.77. The van der Waals surface area contributed by atoms with Crippen molar-refractivity contribution in [1.82, 2.24) is 0 Å². The maximum absolute atomic E-state index is 11.8. The van der Waals surface area contributed by atoms with Gasteiger partial charge in [0.05, 0.1) is 6.10 Å². The molecule has 1 amide bonds. The zero-order valence-electron chi connectivity index (χ0n) is 10.3. The topological polar surface area (TPSA) is 64.3 Å². The number of halogens is 1. The monoisotopic (exact) mass is 312 g/mol. The van der Waals surface area contributed by atoms with E-state index in [2.05, 4.69) is 21.2 Å². The van der Waals surface area contributed by atoms with Gasteiger partial charge in [-0.15, -0.1) is 0 Å². The number of benzene rings is 1. The maximum atomic E-state index is 11.8. The lowest BCUT2D eigenvalue weighted by Crippen LogP contribution is -2.55. The van der Waals surface area contributed by atoms with Crippen LogP contribution in [0.5, 0.6) is 0 Å². The van der Waals surface area contributed by atoms with Crippen molar-refractivity contribution in [3.63, 3.8) is 0 Å². The Kier molecular flexibility index (Phi) is 3.92. The van der Waals surface area contributed by atoms with E-state index in [1.165, 1.54) is 0 Å². The first-order valence-electron chi connectivity index (χ1n) is 5.97. The minimum absolute atomic E-state index is 0.0363. The van der Waals surface area contributed by atoms with Crippen LogP contribution in [-0.2, 0) is 9.53 Å². The molecule has 5 heteroatoms. The zero-order chi connectivity index (χ0) is 13.2. The van der Waals surface area contributed by atoms with Gasteiger partial charge in [0.15, 0.2) is 0 Å². The van der Waals surface area contributed by atoms with Gasteiger partial charge >= 0.3 is 0 Å². The number of nitrogens with one attached hydrogen (secondary N) is 1. The second-order valence-corrected chi connectivity index (χ2v) is 5.63. The van der Waals surface area contributed by atoms with Gasteiger partial charge < -0.3 is 15.8 Å². The Morgan fingerprint density at radius 3 is 2.72 bits per heavy atom. The van der Waals surface area contributed by atoms with Gasteiger partial charge in [-0.1, -0.05) is 15.9 Å². The Balaban J connectivity index is 2.20. The zero-order valence-corrected chi connectivity index (χ0v) is 11.9. The van der Waals surface area contributed by atoms with E-state index in [0.717, 1.165) is 10.2 Å². The second kappa shape index (κ2) is 5.28. The lowest BCUT2D eigenvalue weighted by molar-refractivity contribution is -0.127. The average Bonchev–Trinajstić information content (AvgIpc) is 2.32. The highest BCUT2D eigenvalue weighted by molar-refractivity contribution is 9.10. The summed E-state index contributed by atoms with van der Waals surface area (Å²) in [4.78, 5) is 11.8. The van der Waals surface area contributed by atoms with Crippen LogP contribution < -0.4 is 11.1 Å². The Hall–Kier alpha value is -1.07. The minimum Gasteiger partial charge on any atom is -0.378 e. The summed E-state index contributed by atoms with van der Waals surface area (Å²) >= 11 is 3.38.